The Bertz CT molecular complexity index is 628. The molecule has 0 N–H and O–H groups in total. The molecular formula is C22H32N2S. The molecule has 2 aliphatic carbocycles. The number of hydrogen-bond donors (Lipinski definition) is 0. The first-order chi connectivity index (χ1) is 12.1. The van der Waals surface area contributed by atoms with E-state index in [1.807, 2.05) is 11.8 Å². The van der Waals surface area contributed by atoms with E-state index in [4.69, 9.17) is 4.99 Å². The Labute approximate surface area is 157 Å². The van der Waals surface area contributed by atoms with Crippen LogP contribution in [0.2, 0.25) is 0 Å². The molecule has 0 aromatic heterocycles. The van der Waals surface area contributed by atoms with Crippen LogP contribution in [0, 0.1) is 5.92 Å². The molecule has 0 bridgehead atoms. The Balaban J connectivity index is 1.39. The highest BCUT2D eigenvalue weighted by Crippen LogP contribution is 2.39. The average molecular weight is 357 g/mol. The molecule has 3 atom stereocenters. The maximum absolute atomic E-state index is 4.72. The molecule has 0 spiro atoms. The lowest BCUT2D eigenvalue weighted by atomic mass is 9.84. The second-order valence-electron chi connectivity index (χ2n) is 8.36. The largest absolute Gasteiger partial charge is 0.300 e. The number of nitrogens with zero attached hydrogens (tertiary/aromatic N) is 2. The fraction of sp³-hybridized carbons (Fsp3) is 0.682. The van der Waals surface area contributed by atoms with Crippen molar-refractivity contribution in [2.45, 2.75) is 76.6 Å². The standard InChI is InChI=1S/C22H32N2S/c1-15-13-20(22-16(2)23-17(3)25-22)8-7-19(15)14-18-9-11-24(12-10-18)21-5-4-6-21/h7-8,14-16,21-22H,4-6,9-13H2,1-3H3. The first-order valence-electron chi connectivity index (χ1n) is 10.2. The molecular weight excluding hydrogens is 324 g/mol. The second kappa shape index (κ2) is 7.44. The van der Waals surface area contributed by atoms with E-state index in [1.165, 1.54) is 56.7 Å². The number of aliphatic imine (C=N–C) groups is 1. The van der Waals surface area contributed by atoms with Crippen molar-refractivity contribution in [1.82, 2.24) is 4.90 Å². The maximum Gasteiger partial charge on any atom is 0.0655 e. The van der Waals surface area contributed by atoms with Crippen LogP contribution in [0.5, 0.6) is 0 Å². The van der Waals surface area contributed by atoms with Gasteiger partial charge in [-0.25, -0.2) is 0 Å². The summed E-state index contributed by atoms with van der Waals surface area (Å²) in [6, 6.07) is 1.35. The van der Waals surface area contributed by atoms with Crippen LogP contribution >= 0.6 is 11.8 Å². The van der Waals surface area contributed by atoms with Crippen molar-refractivity contribution in [3.8, 4) is 0 Å². The van der Waals surface area contributed by atoms with Gasteiger partial charge in [-0.1, -0.05) is 42.7 Å². The van der Waals surface area contributed by atoms with Gasteiger partial charge in [-0.05, 0) is 57.4 Å². The zero-order valence-electron chi connectivity index (χ0n) is 16.0. The summed E-state index contributed by atoms with van der Waals surface area (Å²) in [5.74, 6) is 0.644. The summed E-state index contributed by atoms with van der Waals surface area (Å²) in [6.07, 6.45) is 15.4. The van der Waals surface area contributed by atoms with Crippen molar-refractivity contribution in [3.63, 3.8) is 0 Å². The highest BCUT2D eigenvalue weighted by atomic mass is 32.2. The van der Waals surface area contributed by atoms with Gasteiger partial charge in [0.15, 0.2) is 0 Å². The Morgan fingerprint density at radius 2 is 1.92 bits per heavy atom. The molecule has 2 heterocycles. The van der Waals surface area contributed by atoms with Crippen LogP contribution in [0.25, 0.3) is 0 Å². The quantitative estimate of drug-likeness (QED) is 0.675. The van der Waals surface area contributed by atoms with Crippen molar-refractivity contribution in [3.05, 3.63) is 34.9 Å². The van der Waals surface area contributed by atoms with E-state index < -0.39 is 0 Å². The van der Waals surface area contributed by atoms with Crippen molar-refractivity contribution in [2.24, 2.45) is 10.9 Å². The van der Waals surface area contributed by atoms with E-state index in [-0.39, 0.29) is 0 Å². The topological polar surface area (TPSA) is 15.6 Å². The predicted molar refractivity (Wildman–Crippen MR) is 110 cm³/mol. The number of allylic oxidation sites excluding steroid dienone is 4. The van der Waals surface area contributed by atoms with E-state index in [0.29, 0.717) is 17.2 Å². The van der Waals surface area contributed by atoms with Crippen molar-refractivity contribution in [1.29, 1.82) is 0 Å². The normalized spacial score (nSPS) is 34.3. The molecule has 136 valence electrons. The van der Waals surface area contributed by atoms with E-state index in [0.717, 1.165) is 6.04 Å². The van der Waals surface area contributed by atoms with Gasteiger partial charge in [0.1, 0.15) is 0 Å². The molecule has 2 aliphatic heterocycles. The number of likely N-dealkylation sites (tertiary alicyclic amines) is 1. The fourth-order valence-electron chi connectivity index (χ4n) is 4.67. The summed E-state index contributed by atoms with van der Waals surface area (Å²) in [5.41, 5.74) is 4.81. The SMILES string of the molecule is CC1=NC(C)C(C2=CC=C(C=C3CCN(C4CCC4)CC3)C(C)C2)S1. The van der Waals surface area contributed by atoms with E-state index in [9.17, 15) is 0 Å². The summed E-state index contributed by atoms with van der Waals surface area (Å²) in [5, 5.41) is 1.82. The molecule has 0 radical (unpaired) electrons. The summed E-state index contributed by atoms with van der Waals surface area (Å²) in [4.78, 5) is 7.45. The zero-order chi connectivity index (χ0) is 17.4. The molecule has 1 saturated heterocycles. The average Bonchev–Trinajstić information content (AvgIpc) is 2.88. The first kappa shape index (κ1) is 17.6. The van der Waals surface area contributed by atoms with E-state index in [1.54, 1.807) is 16.7 Å². The number of rotatable bonds is 3. The molecule has 4 aliphatic rings. The number of hydrogen-bond acceptors (Lipinski definition) is 3. The van der Waals surface area contributed by atoms with Crippen LogP contribution in [-0.2, 0) is 0 Å². The monoisotopic (exact) mass is 356 g/mol. The van der Waals surface area contributed by atoms with Gasteiger partial charge in [0.05, 0.1) is 16.3 Å². The third kappa shape index (κ3) is 3.83. The van der Waals surface area contributed by atoms with Gasteiger partial charge in [0.25, 0.3) is 0 Å². The highest BCUT2D eigenvalue weighted by molar-refractivity contribution is 8.14. The van der Waals surface area contributed by atoms with Gasteiger partial charge < -0.3 is 0 Å². The van der Waals surface area contributed by atoms with Gasteiger partial charge in [0, 0.05) is 19.1 Å². The summed E-state index contributed by atoms with van der Waals surface area (Å²) in [6.45, 7) is 9.38. The van der Waals surface area contributed by atoms with Gasteiger partial charge in [-0.2, -0.15) is 0 Å². The maximum atomic E-state index is 4.72. The van der Waals surface area contributed by atoms with Crippen LogP contribution in [-0.4, -0.2) is 40.4 Å². The molecule has 0 aromatic carbocycles. The molecule has 3 unspecified atom stereocenters. The second-order valence-corrected chi connectivity index (χ2v) is 9.70. The fourth-order valence-corrected chi connectivity index (χ4v) is 5.85. The van der Waals surface area contributed by atoms with Gasteiger partial charge in [-0.3, -0.25) is 9.89 Å². The molecule has 3 heteroatoms. The Morgan fingerprint density at radius 1 is 1.16 bits per heavy atom. The number of thioether (sulfide) groups is 1. The molecule has 4 rings (SSSR count). The zero-order valence-corrected chi connectivity index (χ0v) is 16.8. The minimum absolute atomic E-state index is 0.438. The van der Waals surface area contributed by atoms with Crippen LogP contribution in [0.15, 0.2) is 39.9 Å². The Hall–Kier alpha value is -0.800. The lowest BCUT2D eigenvalue weighted by Crippen LogP contribution is -2.43. The van der Waals surface area contributed by atoms with Gasteiger partial charge in [-0.15, -0.1) is 11.8 Å². The highest BCUT2D eigenvalue weighted by Gasteiger charge is 2.30. The first-order valence-corrected chi connectivity index (χ1v) is 11.0. The smallest absolute Gasteiger partial charge is 0.0655 e. The predicted octanol–water partition coefficient (Wildman–Crippen LogP) is 5.38. The molecule has 2 nitrogen and oxygen atoms in total. The molecule has 0 aromatic rings. The van der Waals surface area contributed by atoms with E-state index in [2.05, 4.69) is 43.9 Å². The molecule has 2 fully saturated rings. The minimum Gasteiger partial charge on any atom is -0.300 e. The van der Waals surface area contributed by atoms with Crippen molar-refractivity contribution >= 4 is 16.8 Å². The summed E-state index contributed by atoms with van der Waals surface area (Å²) in [7, 11) is 0. The minimum atomic E-state index is 0.438. The molecule has 25 heavy (non-hydrogen) atoms. The van der Waals surface area contributed by atoms with Crippen molar-refractivity contribution in [2.75, 3.05) is 13.1 Å². The van der Waals surface area contributed by atoms with Gasteiger partial charge >= 0.3 is 0 Å². The van der Waals surface area contributed by atoms with Crippen LogP contribution in [0.3, 0.4) is 0 Å². The van der Waals surface area contributed by atoms with Crippen LogP contribution in [0.1, 0.15) is 59.3 Å². The summed E-state index contributed by atoms with van der Waals surface area (Å²) < 4.78 is 0. The van der Waals surface area contributed by atoms with Crippen molar-refractivity contribution < 1.29 is 0 Å². The third-order valence-corrected chi connectivity index (χ3v) is 7.89. The Morgan fingerprint density at radius 3 is 2.48 bits per heavy atom. The lowest BCUT2D eigenvalue weighted by molar-refractivity contribution is 0.118. The Kier molecular flexibility index (Phi) is 5.24. The molecule has 1 saturated carbocycles. The third-order valence-electron chi connectivity index (χ3n) is 6.49. The number of piperidine rings is 1. The van der Waals surface area contributed by atoms with Crippen LogP contribution in [0.4, 0.5) is 0 Å². The summed E-state index contributed by atoms with van der Waals surface area (Å²) >= 11 is 1.96. The van der Waals surface area contributed by atoms with E-state index >= 15 is 0 Å². The lowest BCUT2D eigenvalue weighted by Gasteiger charge is -2.40. The molecule has 0 amide bonds. The van der Waals surface area contributed by atoms with Crippen LogP contribution < -0.4 is 0 Å². The van der Waals surface area contributed by atoms with Gasteiger partial charge in [0.2, 0.25) is 0 Å².